The van der Waals surface area contributed by atoms with Crippen LogP contribution in [0.4, 0.5) is 10.5 Å². The molecular formula is C14H23N7O2. The van der Waals surface area contributed by atoms with Gasteiger partial charge >= 0.3 is 11.7 Å². The zero-order valence-electron chi connectivity index (χ0n) is 13.9. The Kier molecular flexibility index (Phi) is 5.20. The van der Waals surface area contributed by atoms with Crippen molar-refractivity contribution >= 4 is 11.7 Å². The summed E-state index contributed by atoms with van der Waals surface area (Å²) in [5, 5.41) is 16.3. The van der Waals surface area contributed by atoms with Gasteiger partial charge in [-0.05, 0) is 20.3 Å². The van der Waals surface area contributed by atoms with E-state index in [0.717, 1.165) is 30.0 Å². The molecule has 3 N–H and O–H groups in total. The summed E-state index contributed by atoms with van der Waals surface area (Å²) in [5.74, 6) is 0.596. The van der Waals surface area contributed by atoms with Crippen molar-refractivity contribution in [3.05, 3.63) is 27.7 Å². The molecule has 2 aromatic heterocycles. The van der Waals surface area contributed by atoms with Crippen LogP contribution in [0.3, 0.4) is 0 Å². The third-order valence-electron chi connectivity index (χ3n) is 3.66. The highest BCUT2D eigenvalue weighted by atomic mass is 16.2. The van der Waals surface area contributed by atoms with Crippen LogP contribution in [0.15, 0.2) is 4.79 Å². The summed E-state index contributed by atoms with van der Waals surface area (Å²) >= 11 is 0. The third kappa shape index (κ3) is 3.79. The van der Waals surface area contributed by atoms with E-state index in [2.05, 4.69) is 32.9 Å². The van der Waals surface area contributed by atoms with Crippen LogP contribution in [0.5, 0.6) is 0 Å². The van der Waals surface area contributed by atoms with E-state index in [1.165, 1.54) is 4.57 Å². The zero-order chi connectivity index (χ0) is 17.0. The quantitative estimate of drug-likeness (QED) is 0.727. The van der Waals surface area contributed by atoms with Crippen molar-refractivity contribution in [3.8, 4) is 0 Å². The van der Waals surface area contributed by atoms with Crippen molar-refractivity contribution in [2.45, 2.75) is 40.2 Å². The lowest BCUT2D eigenvalue weighted by atomic mass is 10.3. The van der Waals surface area contributed by atoms with Crippen LogP contribution in [-0.4, -0.2) is 37.1 Å². The van der Waals surface area contributed by atoms with Crippen molar-refractivity contribution in [3.63, 3.8) is 0 Å². The van der Waals surface area contributed by atoms with Crippen LogP contribution < -0.4 is 16.3 Å². The number of urea groups is 1. The summed E-state index contributed by atoms with van der Waals surface area (Å²) in [6.45, 7) is 7.09. The topological polar surface area (TPSA) is 110 Å². The Hall–Kier alpha value is -2.58. The molecule has 23 heavy (non-hydrogen) atoms. The largest absolute Gasteiger partial charge is 0.343 e. The summed E-state index contributed by atoms with van der Waals surface area (Å²) in [6, 6.07) is -0.298. The van der Waals surface area contributed by atoms with Gasteiger partial charge in [-0.3, -0.25) is 9.25 Å². The summed E-state index contributed by atoms with van der Waals surface area (Å²) in [5.41, 5.74) is 2.21. The molecule has 0 spiro atoms. The molecule has 0 saturated heterocycles. The minimum atomic E-state index is -0.298. The number of H-pyrrole nitrogens is 1. The fraction of sp³-hybridized carbons (Fsp3) is 0.571. The smallest absolute Gasteiger partial charge is 0.337 e. The molecule has 0 atom stereocenters. The molecule has 2 rings (SSSR count). The van der Waals surface area contributed by atoms with Crippen molar-refractivity contribution in [2.75, 3.05) is 11.9 Å². The monoisotopic (exact) mass is 321 g/mol. The Bertz CT molecular complexity index is 741. The third-order valence-corrected chi connectivity index (χ3v) is 3.66. The second kappa shape index (κ2) is 7.12. The molecule has 2 heterocycles. The molecule has 0 aliphatic rings. The Balaban J connectivity index is 1.90. The first-order valence-electron chi connectivity index (χ1n) is 7.63. The maximum Gasteiger partial charge on any atom is 0.343 e. The molecule has 0 aliphatic carbocycles. The van der Waals surface area contributed by atoms with Gasteiger partial charge in [0.25, 0.3) is 0 Å². The number of amides is 2. The van der Waals surface area contributed by atoms with Crippen LogP contribution in [0.2, 0.25) is 0 Å². The van der Waals surface area contributed by atoms with Crippen LogP contribution in [-0.2, 0) is 20.0 Å². The maximum atomic E-state index is 12.0. The summed E-state index contributed by atoms with van der Waals surface area (Å²) < 4.78 is 3.31. The Morgan fingerprint density at radius 2 is 2.09 bits per heavy atom. The zero-order valence-corrected chi connectivity index (χ0v) is 13.9. The minimum absolute atomic E-state index is 0.265. The number of aromatic nitrogens is 5. The van der Waals surface area contributed by atoms with E-state index in [9.17, 15) is 9.59 Å². The number of carbonyl (C=O) groups is 1. The Morgan fingerprint density at radius 3 is 2.70 bits per heavy atom. The summed E-state index contributed by atoms with van der Waals surface area (Å²) in [6.07, 6.45) is 1.45. The number of aromatic amines is 1. The van der Waals surface area contributed by atoms with Gasteiger partial charge in [0.1, 0.15) is 5.82 Å². The number of nitrogens with zero attached hydrogens (tertiary/aromatic N) is 4. The molecule has 126 valence electrons. The number of anilines is 1. The lowest BCUT2D eigenvalue weighted by Crippen LogP contribution is -2.31. The molecule has 0 aliphatic heterocycles. The van der Waals surface area contributed by atoms with E-state index in [0.29, 0.717) is 18.8 Å². The van der Waals surface area contributed by atoms with E-state index in [4.69, 9.17) is 0 Å². The second-order valence-corrected chi connectivity index (χ2v) is 5.40. The van der Waals surface area contributed by atoms with Gasteiger partial charge in [0, 0.05) is 26.6 Å². The molecule has 0 unspecified atom stereocenters. The fourth-order valence-electron chi connectivity index (χ4n) is 2.36. The standard InChI is InChI=1S/C14H23N7O2/c1-5-8-21-10(3)12(9(2)19-21)16-13(22)15-7-6-11-17-18-14(23)20(11)4/h5-8H2,1-4H3,(H,18,23)(H2,15,16,22). The van der Waals surface area contributed by atoms with Gasteiger partial charge in [0.2, 0.25) is 0 Å². The number of aryl methyl sites for hydroxylation is 2. The molecule has 9 heteroatoms. The van der Waals surface area contributed by atoms with Crippen molar-refractivity contribution < 1.29 is 4.79 Å². The highest BCUT2D eigenvalue weighted by Crippen LogP contribution is 2.19. The average Bonchev–Trinajstić information content (AvgIpc) is 2.95. The van der Waals surface area contributed by atoms with Gasteiger partial charge in [0.05, 0.1) is 17.1 Å². The van der Waals surface area contributed by atoms with Gasteiger partial charge < -0.3 is 10.6 Å². The Morgan fingerprint density at radius 1 is 1.35 bits per heavy atom. The van der Waals surface area contributed by atoms with Crippen LogP contribution in [0, 0.1) is 13.8 Å². The molecule has 2 aromatic rings. The molecule has 0 aromatic carbocycles. The molecule has 0 saturated carbocycles. The fourth-order valence-corrected chi connectivity index (χ4v) is 2.36. The van der Waals surface area contributed by atoms with Crippen LogP contribution in [0.1, 0.15) is 30.6 Å². The van der Waals surface area contributed by atoms with Gasteiger partial charge in [-0.1, -0.05) is 6.92 Å². The van der Waals surface area contributed by atoms with Crippen molar-refractivity contribution in [1.29, 1.82) is 0 Å². The van der Waals surface area contributed by atoms with Crippen molar-refractivity contribution in [1.82, 2.24) is 29.9 Å². The predicted octanol–water partition coefficient (Wildman–Crippen LogP) is 0.696. The molecule has 9 nitrogen and oxygen atoms in total. The van der Waals surface area contributed by atoms with Crippen LogP contribution >= 0.6 is 0 Å². The molecule has 0 fully saturated rings. The summed E-state index contributed by atoms with van der Waals surface area (Å²) in [4.78, 5) is 23.3. The normalized spacial score (nSPS) is 10.8. The average molecular weight is 321 g/mol. The number of rotatable bonds is 6. The van der Waals surface area contributed by atoms with Crippen LogP contribution in [0.25, 0.3) is 0 Å². The highest BCUT2D eigenvalue weighted by molar-refractivity contribution is 5.90. The van der Waals surface area contributed by atoms with E-state index in [-0.39, 0.29) is 11.7 Å². The van der Waals surface area contributed by atoms with Gasteiger partial charge in [0.15, 0.2) is 0 Å². The van der Waals surface area contributed by atoms with Gasteiger partial charge in [-0.15, -0.1) is 0 Å². The number of hydrogen-bond acceptors (Lipinski definition) is 4. The first-order chi connectivity index (χ1) is 10.9. The van der Waals surface area contributed by atoms with Crippen molar-refractivity contribution in [2.24, 2.45) is 7.05 Å². The molecular weight excluding hydrogens is 298 g/mol. The SMILES string of the molecule is CCCn1nc(C)c(NC(=O)NCCc2n[nH]c(=O)n2C)c1C. The summed E-state index contributed by atoms with van der Waals surface area (Å²) in [7, 11) is 1.63. The first kappa shape index (κ1) is 16.8. The molecule has 2 amide bonds. The van der Waals surface area contributed by atoms with Gasteiger partial charge in [-0.25, -0.2) is 14.7 Å². The number of hydrogen-bond donors (Lipinski definition) is 3. The van der Waals surface area contributed by atoms with E-state index < -0.39 is 0 Å². The number of nitrogens with one attached hydrogen (secondary N) is 3. The van der Waals surface area contributed by atoms with E-state index in [1.54, 1.807) is 7.05 Å². The maximum absolute atomic E-state index is 12.0. The molecule has 0 radical (unpaired) electrons. The lowest BCUT2D eigenvalue weighted by molar-refractivity contribution is 0.252. The first-order valence-corrected chi connectivity index (χ1v) is 7.63. The lowest BCUT2D eigenvalue weighted by Gasteiger charge is -2.08. The predicted molar refractivity (Wildman–Crippen MR) is 86.5 cm³/mol. The van der Waals surface area contributed by atoms with Gasteiger partial charge in [-0.2, -0.15) is 10.2 Å². The molecule has 0 bridgehead atoms. The second-order valence-electron chi connectivity index (χ2n) is 5.40. The Labute approximate surface area is 134 Å². The minimum Gasteiger partial charge on any atom is -0.337 e. The highest BCUT2D eigenvalue weighted by Gasteiger charge is 2.13. The van der Waals surface area contributed by atoms with E-state index >= 15 is 0 Å². The number of carbonyl (C=O) groups excluding carboxylic acids is 1. The van der Waals surface area contributed by atoms with E-state index in [1.807, 2.05) is 18.5 Å².